The minimum absolute atomic E-state index is 0.287. The Morgan fingerprint density at radius 1 is 1.00 bits per heavy atom. The maximum absolute atomic E-state index is 13.1. The molecule has 0 amide bonds. The van der Waals surface area contributed by atoms with Gasteiger partial charge in [0, 0.05) is 11.6 Å². The molecule has 0 aliphatic rings. The minimum atomic E-state index is -0.444. The monoisotopic (exact) mass is 260 g/mol. The predicted molar refractivity (Wildman–Crippen MR) is 70.3 cm³/mol. The number of halogens is 1. The van der Waals surface area contributed by atoms with Crippen molar-refractivity contribution in [1.82, 2.24) is 0 Å². The number of ether oxygens (including phenoxy) is 2. The summed E-state index contributed by atoms with van der Waals surface area (Å²) in [4.78, 5) is 11.0. The van der Waals surface area contributed by atoms with Crippen LogP contribution in [0.25, 0.3) is 11.1 Å². The molecule has 2 aromatic rings. The molecule has 0 saturated heterocycles. The van der Waals surface area contributed by atoms with E-state index in [2.05, 4.69) is 0 Å². The Labute approximate surface area is 110 Å². The van der Waals surface area contributed by atoms with E-state index >= 15 is 0 Å². The molecule has 0 radical (unpaired) electrons. The fraction of sp³-hybridized carbons (Fsp3) is 0.133. The van der Waals surface area contributed by atoms with E-state index in [1.807, 2.05) is 0 Å². The van der Waals surface area contributed by atoms with Gasteiger partial charge in [-0.25, -0.2) is 4.39 Å². The van der Waals surface area contributed by atoms with Crippen molar-refractivity contribution in [3.63, 3.8) is 0 Å². The number of aldehydes is 1. The van der Waals surface area contributed by atoms with E-state index in [1.165, 1.54) is 12.1 Å². The van der Waals surface area contributed by atoms with Gasteiger partial charge in [0.15, 0.2) is 6.29 Å². The molecule has 0 unspecified atom stereocenters. The summed E-state index contributed by atoms with van der Waals surface area (Å²) >= 11 is 0. The van der Waals surface area contributed by atoms with Gasteiger partial charge in [-0.1, -0.05) is 6.07 Å². The highest BCUT2D eigenvalue weighted by molar-refractivity contribution is 5.88. The highest BCUT2D eigenvalue weighted by atomic mass is 19.1. The van der Waals surface area contributed by atoms with E-state index in [4.69, 9.17) is 9.47 Å². The SMILES string of the molecule is COc1cc(OC)cc(-c2ccc(F)cc2C=O)c1. The van der Waals surface area contributed by atoms with Crippen molar-refractivity contribution < 1.29 is 18.7 Å². The zero-order valence-electron chi connectivity index (χ0n) is 10.6. The van der Waals surface area contributed by atoms with Gasteiger partial charge >= 0.3 is 0 Å². The number of hydrogen-bond donors (Lipinski definition) is 0. The van der Waals surface area contributed by atoms with Crippen LogP contribution in [0.3, 0.4) is 0 Å². The van der Waals surface area contributed by atoms with E-state index in [-0.39, 0.29) is 5.56 Å². The van der Waals surface area contributed by atoms with E-state index in [0.717, 1.165) is 5.56 Å². The Bertz CT molecular complexity index is 586. The van der Waals surface area contributed by atoms with Gasteiger partial charge in [0.2, 0.25) is 0 Å². The van der Waals surface area contributed by atoms with Crippen LogP contribution >= 0.6 is 0 Å². The maximum atomic E-state index is 13.1. The van der Waals surface area contributed by atoms with E-state index in [9.17, 15) is 9.18 Å². The van der Waals surface area contributed by atoms with Crippen LogP contribution in [0, 0.1) is 5.82 Å². The maximum Gasteiger partial charge on any atom is 0.150 e. The van der Waals surface area contributed by atoms with Crippen molar-refractivity contribution in [2.75, 3.05) is 14.2 Å². The quantitative estimate of drug-likeness (QED) is 0.791. The van der Waals surface area contributed by atoms with Crippen LogP contribution in [0.1, 0.15) is 10.4 Å². The summed E-state index contributed by atoms with van der Waals surface area (Å²) in [7, 11) is 3.09. The average molecular weight is 260 g/mol. The first-order chi connectivity index (χ1) is 9.17. The van der Waals surface area contributed by atoms with Crippen molar-refractivity contribution in [2.45, 2.75) is 0 Å². The van der Waals surface area contributed by atoms with Gasteiger partial charge < -0.3 is 9.47 Å². The van der Waals surface area contributed by atoms with Crippen molar-refractivity contribution in [1.29, 1.82) is 0 Å². The van der Waals surface area contributed by atoms with Crippen LogP contribution in [0.4, 0.5) is 4.39 Å². The Balaban J connectivity index is 2.60. The molecule has 0 aromatic heterocycles. The van der Waals surface area contributed by atoms with E-state index in [0.29, 0.717) is 23.3 Å². The molecule has 0 N–H and O–H groups in total. The zero-order valence-corrected chi connectivity index (χ0v) is 10.6. The summed E-state index contributed by atoms with van der Waals surface area (Å²) in [5, 5.41) is 0. The molecule has 0 bridgehead atoms. The first-order valence-corrected chi connectivity index (χ1v) is 5.66. The first-order valence-electron chi connectivity index (χ1n) is 5.66. The van der Waals surface area contributed by atoms with Crippen LogP contribution < -0.4 is 9.47 Å². The minimum Gasteiger partial charge on any atom is -0.497 e. The highest BCUT2D eigenvalue weighted by Gasteiger charge is 2.09. The number of carbonyl (C=O) groups is 1. The zero-order chi connectivity index (χ0) is 13.8. The second-order valence-corrected chi connectivity index (χ2v) is 3.95. The normalized spacial score (nSPS) is 10.1. The van der Waals surface area contributed by atoms with Gasteiger partial charge in [0.25, 0.3) is 0 Å². The topological polar surface area (TPSA) is 35.5 Å². The molecule has 2 aromatic carbocycles. The number of hydrogen-bond acceptors (Lipinski definition) is 3. The molecule has 0 spiro atoms. The lowest BCUT2D eigenvalue weighted by Gasteiger charge is -2.10. The third-order valence-corrected chi connectivity index (χ3v) is 2.80. The third-order valence-electron chi connectivity index (χ3n) is 2.80. The van der Waals surface area contributed by atoms with Crippen molar-refractivity contribution in [2.24, 2.45) is 0 Å². The Morgan fingerprint density at radius 2 is 1.63 bits per heavy atom. The smallest absolute Gasteiger partial charge is 0.150 e. The van der Waals surface area contributed by atoms with Gasteiger partial charge in [-0.05, 0) is 35.4 Å². The van der Waals surface area contributed by atoms with Crippen LogP contribution in [-0.4, -0.2) is 20.5 Å². The third kappa shape index (κ3) is 2.73. The molecule has 0 aliphatic heterocycles. The molecule has 19 heavy (non-hydrogen) atoms. The lowest BCUT2D eigenvalue weighted by Crippen LogP contribution is -1.92. The van der Waals surface area contributed by atoms with Crippen LogP contribution in [0.2, 0.25) is 0 Å². The highest BCUT2D eigenvalue weighted by Crippen LogP contribution is 2.31. The lowest BCUT2D eigenvalue weighted by molar-refractivity contribution is 0.112. The second kappa shape index (κ2) is 5.52. The Morgan fingerprint density at radius 3 is 2.16 bits per heavy atom. The predicted octanol–water partition coefficient (Wildman–Crippen LogP) is 3.32. The van der Waals surface area contributed by atoms with Crippen molar-refractivity contribution >= 4 is 6.29 Å². The Kier molecular flexibility index (Phi) is 3.80. The molecular weight excluding hydrogens is 247 g/mol. The molecule has 0 aliphatic carbocycles. The molecule has 98 valence electrons. The lowest BCUT2D eigenvalue weighted by atomic mass is 10.00. The molecule has 3 nitrogen and oxygen atoms in total. The largest absolute Gasteiger partial charge is 0.497 e. The van der Waals surface area contributed by atoms with Crippen LogP contribution in [0.15, 0.2) is 36.4 Å². The summed E-state index contributed by atoms with van der Waals surface area (Å²) in [5.41, 5.74) is 1.65. The van der Waals surface area contributed by atoms with Gasteiger partial charge in [-0.15, -0.1) is 0 Å². The molecule has 0 atom stereocenters. The average Bonchev–Trinajstić information content (AvgIpc) is 2.46. The van der Waals surface area contributed by atoms with Crippen LogP contribution in [0.5, 0.6) is 11.5 Å². The first kappa shape index (κ1) is 13.1. The van der Waals surface area contributed by atoms with Gasteiger partial charge in [-0.3, -0.25) is 4.79 Å². The summed E-state index contributed by atoms with van der Waals surface area (Å²) in [6.45, 7) is 0. The van der Waals surface area contributed by atoms with Gasteiger partial charge in [0.05, 0.1) is 14.2 Å². The number of methoxy groups -OCH3 is 2. The standard InChI is InChI=1S/C15H13FO3/c1-18-13-6-10(7-14(8-13)19-2)15-4-3-12(16)5-11(15)9-17/h3-9H,1-2H3. The van der Waals surface area contributed by atoms with Crippen molar-refractivity contribution in [3.05, 3.63) is 47.8 Å². The fourth-order valence-corrected chi connectivity index (χ4v) is 1.86. The van der Waals surface area contributed by atoms with E-state index in [1.54, 1.807) is 38.5 Å². The van der Waals surface area contributed by atoms with Gasteiger partial charge in [0.1, 0.15) is 17.3 Å². The number of rotatable bonds is 4. The summed E-state index contributed by atoms with van der Waals surface area (Å²) in [6.07, 6.45) is 0.629. The molecule has 0 fully saturated rings. The second-order valence-electron chi connectivity index (χ2n) is 3.95. The van der Waals surface area contributed by atoms with Gasteiger partial charge in [-0.2, -0.15) is 0 Å². The molecule has 0 saturated carbocycles. The summed E-state index contributed by atoms with van der Waals surface area (Å²) in [6, 6.07) is 9.34. The van der Waals surface area contributed by atoms with Crippen molar-refractivity contribution in [3.8, 4) is 22.6 Å². The number of carbonyl (C=O) groups excluding carboxylic acids is 1. The van der Waals surface area contributed by atoms with Crippen LogP contribution in [-0.2, 0) is 0 Å². The van der Waals surface area contributed by atoms with E-state index < -0.39 is 5.82 Å². The summed E-state index contributed by atoms with van der Waals surface area (Å²) in [5.74, 6) is 0.770. The molecule has 0 heterocycles. The molecular formula is C15H13FO3. The number of benzene rings is 2. The molecule has 4 heteroatoms. The fourth-order valence-electron chi connectivity index (χ4n) is 1.86. The molecule has 2 rings (SSSR count). The Hall–Kier alpha value is -2.36. The summed E-state index contributed by atoms with van der Waals surface area (Å²) < 4.78 is 23.5.